The summed E-state index contributed by atoms with van der Waals surface area (Å²) in [5.74, 6) is 1.66. The Hall–Kier alpha value is -0.790. The minimum Gasteiger partial charge on any atom is -0.348 e. The molecule has 1 atom stereocenters. The third-order valence-corrected chi connectivity index (χ3v) is 5.29. The maximum atomic E-state index is 12.1. The van der Waals surface area contributed by atoms with Crippen molar-refractivity contribution in [2.45, 2.75) is 42.5 Å². The molecule has 1 fully saturated rings. The Kier molecular flexibility index (Phi) is 7.65. The molecule has 1 unspecified atom stereocenters. The number of aromatic nitrogens is 3. The molecule has 126 valence electrons. The van der Waals surface area contributed by atoms with Gasteiger partial charge in [-0.15, -0.1) is 22.6 Å². The fraction of sp³-hybridized carbons (Fsp3) is 0.786. The van der Waals surface area contributed by atoms with Gasteiger partial charge in [-0.25, -0.2) is 0 Å². The summed E-state index contributed by atoms with van der Waals surface area (Å²) in [5.41, 5.74) is 0. The van der Waals surface area contributed by atoms with Crippen LogP contribution in [0.5, 0.6) is 0 Å². The van der Waals surface area contributed by atoms with Gasteiger partial charge in [-0.3, -0.25) is 4.79 Å². The van der Waals surface area contributed by atoms with E-state index in [1.807, 2.05) is 14.0 Å². The molecule has 1 N–H and O–H groups in total. The molecule has 8 heteroatoms. The van der Waals surface area contributed by atoms with Gasteiger partial charge in [0.2, 0.25) is 5.91 Å². The highest BCUT2D eigenvalue weighted by Gasteiger charge is 2.25. The molecule has 0 bridgehead atoms. The summed E-state index contributed by atoms with van der Waals surface area (Å²) in [6, 6.07) is 0. The second-order valence-electron chi connectivity index (χ2n) is 5.67. The number of nitrogens with zero attached hydrogens (tertiary/aromatic N) is 4. The molecule has 0 radical (unpaired) electrons. The summed E-state index contributed by atoms with van der Waals surface area (Å²) in [6.07, 6.45) is 2.99. The van der Waals surface area contributed by atoms with E-state index in [-0.39, 0.29) is 23.6 Å². The summed E-state index contributed by atoms with van der Waals surface area (Å²) in [6.45, 7) is 4.11. The Labute approximate surface area is 142 Å². The van der Waals surface area contributed by atoms with Crippen LogP contribution in [0.4, 0.5) is 0 Å². The van der Waals surface area contributed by atoms with Crippen LogP contribution in [0.1, 0.15) is 37.9 Å². The van der Waals surface area contributed by atoms with E-state index in [4.69, 9.17) is 0 Å². The summed E-state index contributed by atoms with van der Waals surface area (Å²) in [4.78, 5) is 13.8. The summed E-state index contributed by atoms with van der Waals surface area (Å²) >= 11 is 1.52. The molecule has 1 aromatic rings. The van der Waals surface area contributed by atoms with Crippen molar-refractivity contribution in [2.75, 3.05) is 27.2 Å². The van der Waals surface area contributed by atoms with Crippen molar-refractivity contribution in [3.63, 3.8) is 0 Å². The fourth-order valence-electron chi connectivity index (χ4n) is 2.59. The van der Waals surface area contributed by atoms with Gasteiger partial charge in [0.15, 0.2) is 5.16 Å². The monoisotopic (exact) mass is 347 g/mol. The quantitative estimate of drug-likeness (QED) is 0.821. The summed E-state index contributed by atoms with van der Waals surface area (Å²) < 4.78 is 2.06. The van der Waals surface area contributed by atoms with E-state index in [1.165, 1.54) is 11.8 Å². The lowest BCUT2D eigenvalue weighted by molar-refractivity contribution is -0.128. The van der Waals surface area contributed by atoms with E-state index >= 15 is 0 Å². The zero-order valence-electron chi connectivity index (χ0n) is 13.7. The van der Waals surface area contributed by atoms with Crippen molar-refractivity contribution in [3.05, 3.63) is 5.82 Å². The summed E-state index contributed by atoms with van der Waals surface area (Å²) in [5, 5.41) is 12.8. The first-order chi connectivity index (χ1) is 10.0. The number of nitrogens with one attached hydrogen (secondary N) is 1. The molecule has 1 aromatic heterocycles. The second kappa shape index (κ2) is 8.74. The summed E-state index contributed by atoms with van der Waals surface area (Å²) in [7, 11) is 5.60. The van der Waals surface area contributed by atoms with Gasteiger partial charge >= 0.3 is 0 Å². The molecule has 2 heterocycles. The maximum absolute atomic E-state index is 12.1. The van der Waals surface area contributed by atoms with E-state index in [9.17, 15) is 4.79 Å². The molecular weight excluding hydrogens is 322 g/mol. The lowest BCUT2D eigenvalue weighted by atomic mass is 9.97. The number of hydrogen-bond acceptors (Lipinski definition) is 5. The number of halogens is 1. The number of piperidine rings is 1. The number of thioether (sulfide) groups is 1. The first-order valence-corrected chi connectivity index (χ1v) is 8.40. The number of carbonyl (C=O) groups excluding carboxylic acids is 1. The average molecular weight is 348 g/mol. The van der Waals surface area contributed by atoms with Crippen LogP contribution >= 0.6 is 24.2 Å². The standard InChI is InChI=1S/C14H25N5OS.ClH/c1-5-11(13(20)18(2)3)21-14-17-16-12(19(14)4)10-6-8-15-9-7-10;/h10-11,15H,5-9H2,1-4H3;1H. The Morgan fingerprint density at radius 3 is 2.59 bits per heavy atom. The van der Waals surface area contributed by atoms with E-state index in [2.05, 4.69) is 20.1 Å². The first-order valence-electron chi connectivity index (χ1n) is 7.52. The smallest absolute Gasteiger partial charge is 0.235 e. The van der Waals surface area contributed by atoms with Crippen LogP contribution in [0, 0.1) is 0 Å². The molecule has 1 aliphatic rings. The Balaban J connectivity index is 0.00000242. The van der Waals surface area contributed by atoms with E-state index < -0.39 is 0 Å². The lowest BCUT2D eigenvalue weighted by Gasteiger charge is -2.22. The predicted octanol–water partition coefficient (Wildman–Crippen LogP) is 1.66. The maximum Gasteiger partial charge on any atom is 0.235 e. The van der Waals surface area contributed by atoms with Gasteiger partial charge in [-0.2, -0.15) is 0 Å². The SMILES string of the molecule is CCC(Sc1nnc(C2CCNCC2)n1C)C(=O)N(C)C.Cl. The van der Waals surface area contributed by atoms with Gasteiger partial charge in [0.1, 0.15) is 5.82 Å². The van der Waals surface area contributed by atoms with Gasteiger partial charge in [0.25, 0.3) is 0 Å². The zero-order valence-corrected chi connectivity index (χ0v) is 15.3. The van der Waals surface area contributed by atoms with Crippen molar-refractivity contribution in [3.8, 4) is 0 Å². The average Bonchev–Trinajstić information content (AvgIpc) is 2.85. The normalized spacial score (nSPS) is 16.9. The van der Waals surface area contributed by atoms with E-state index in [0.717, 1.165) is 43.3 Å². The molecule has 1 amide bonds. The second-order valence-corrected chi connectivity index (χ2v) is 6.84. The van der Waals surface area contributed by atoms with E-state index in [0.29, 0.717) is 5.92 Å². The van der Waals surface area contributed by atoms with Crippen LogP contribution in [0.25, 0.3) is 0 Å². The molecule has 0 spiro atoms. The van der Waals surface area contributed by atoms with Crippen LogP contribution in [-0.2, 0) is 11.8 Å². The number of hydrogen-bond donors (Lipinski definition) is 1. The van der Waals surface area contributed by atoms with Crippen LogP contribution in [0.2, 0.25) is 0 Å². The van der Waals surface area contributed by atoms with Gasteiger partial charge in [-0.05, 0) is 32.4 Å². The molecule has 1 aliphatic heterocycles. The van der Waals surface area contributed by atoms with E-state index in [1.54, 1.807) is 19.0 Å². The molecule has 2 rings (SSSR count). The van der Waals surface area contributed by atoms with Crippen LogP contribution in [-0.4, -0.2) is 58.0 Å². The van der Waals surface area contributed by atoms with Crippen molar-refractivity contribution in [2.24, 2.45) is 7.05 Å². The zero-order chi connectivity index (χ0) is 15.4. The number of rotatable bonds is 5. The molecular formula is C14H26ClN5OS. The lowest BCUT2D eigenvalue weighted by Crippen LogP contribution is -2.31. The topological polar surface area (TPSA) is 63.1 Å². The van der Waals surface area contributed by atoms with Gasteiger partial charge in [-0.1, -0.05) is 18.7 Å². The van der Waals surface area contributed by atoms with Crippen LogP contribution < -0.4 is 5.32 Å². The fourth-order valence-corrected chi connectivity index (χ4v) is 3.66. The Bertz CT molecular complexity index is 488. The molecule has 22 heavy (non-hydrogen) atoms. The predicted molar refractivity (Wildman–Crippen MR) is 91.7 cm³/mol. The Morgan fingerprint density at radius 1 is 1.41 bits per heavy atom. The highest BCUT2D eigenvalue weighted by Crippen LogP contribution is 2.29. The molecule has 6 nitrogen and oxygen atoms in total. The minimum atomic E-state index is -0.0937. The van der Waals surface area contributed by atoms with Crippen molar-refractivity contribution in [1.82, 2.24) is 25.0 Å². The Morgan fingerprint density at radius 2 is 2.05 bits per heavy atom. The highest BCUT2D eigenvalue weighted by molar-refractivity contribution is 8.00. The van der Waals surface area contributed by atoms with Crippen LogP contribution in [0.15, 0.2) is 5.16 Å². The van der Waals surface area contributed by atoms with Crippen LogP contribution in [0.3, 0.4) is 0 Å². The van der Waals surface area contributed by atoms with Crippen molar-refractivity contribution >= 4 is 30.1 Å². The third kappa shape index (κ3) is 4.36. The van der Waals surface area contributed by atoms with Gasteiger partial charge in [0.05, 0.1) is 5.25 Å². The van der Waals surface area contributed by atoms with Crippen molar-refractivity contribution < 1.29 is 4.79 Å². The molecule has 0 saturated carbocycles. The van der Waals surface area contributed by atoms with Gasteiger partial charge in [0, 0.05) is 27.1 Å². The first kappa shape index (κ1) is 19.3. The molecule has 1 saturated heterocycles. The number of amides is 1. The molecule has 0 aromatic carbocycles. The van der Waals surface area contributed by atoms with Crippen molar-refractivity contribution in [1.29, 1.82) is 0 Å². The molecule has 0 aliphatic carbocycles. The number of carbonyl (C=O) groups is 1. The highest BCUT2D eigenvalue weighted by atomic mass is 35.5. The minimum absolute atomic E-state index is 0. The third-order valence-electron chi connectivity index (χ3n) is 3.91. The largest absolute Gasteiger partial charge is 0.348 e. The van der Waals surface area contributed by atoms with Gasteiger partial charge < -0.3 is 14.8 Å².